The smallest absolute Gasteiger partial charge is 0.271 e. The Bertz CT molecular complexity index is 810. The number of β-amino-alcohol motifs (C(OH)–C–C–N with tert-alkyl or cyclic N) is 1. The van der Waals surface area contributed by atoms with Crippen molar-refractivity contribution in [1.29, 1.82) is 0 Å². The minimum atomic E-state index is -3.92. The molecule has 1 aliphatic rings. The number of aliphatic hydroxyl groups is 1. The van der Waals surface area contributed by atoms with Crippen LogP contribution in [0.25, 0.3) is 0 Å². The molecule has 9 nitrogen and oxygen atoms in total. The highest BCUT2D eigenvalue weighted by Crippen LogP contribution is 2.35. The fourth-order valence-corrected chi connectivity index (χ4v) is 6.03. The number of hydrogen-bond donors (Lipinski definition) is 1. The molecule has 0 aromatic heterocycles. The van der Waals surface area contributed by atoms with Gasteiger partial charge in [-0.25, -0.2) is 8.42 Å². The van der Waals surface area contributed by atoms with E-state index in [9.17, 15) is 18.5 Å². The fraction of sp³-hybridized carbons (Fsp3) is 0.647. The lowest BCUT2D eigenvalue weighted by Crippen LogP contribution is -2.49. The van der Waals surface area contributed by atoms with Crippen LogP contribution in [0.5, 0.6) is 0 Å². The van der Waals surface area contributed by atoms with E-state index in [0.29, 0.717) is 54.6 Å². The summed E-state index contributed by atoms with van der Waals surface area (Å²) in [5.41, 5.74) is 0.826. The molecule has 0 atom stereocenters. The van der Waals surface area contributed by atoms with E-state index in [1.54, 1.807) is 6.92 Å². The van der Waals surface area contributed by atoms with Gasteiger partial charge in [-0.1, -0.05) is 31.9 Å². The predicted molar refractivity (Wildman–Crippen MR) is 120 cm³/mol. The van der Waals surface area contributed by atoms with E-state index in [1.807, 2.05) is 9.80 Å². The number of alkyl halides is 2. The molecule has 1 fully saturated rings. The van der Waals surface area contributed by atoms with Gasteiger partial charge in [-0.3, -0.25) is 15.0 Å². The van der Waals surface area contributed by atoms with Crippen LogP contribution >= 0.6 is 31.9 Å². The van der Waals surface area contributed by atoms with Crippen LogP contribution in [0, 0.1) is 17.0 Å². The molecule has 0 spiro atoms. The largest absolute Gasteiger partial charge is 0.395 e. The number of nitrogens with zero attached hydrogens (tertiary/aromatic N) is 4. The van der Waals surface area contributed by atoms with Crippen LogP contribution in [0.1, 0.15) is 5.56 Å². The van der Waals surface area contributed by atoms with Crippen molar-refractivity contribution in [2.75, 3.05) is 68.0 Å². The molecule has 164 valence electrons. The van der Waals surface area contributed by atoms with Crippen molar-refractivity contribution in [2.45, 2.75) is 11.8 Å². The molecule has 1 aromatic carbocycles. The standard InChI is InChI=1S/C17H26Br2N4O5S/c1-14-12-15(23(25)26)13-16(17(14)21(4-2-18)5-3-19)29(27,28)22-8-6-20(7-9-22)10-11-24/h12-13,24H,2-11H2,1H3. The monoisotopic (exact) mass is 556 g/mol. The Morgan fingerprint density at radius 3 is 2.24 bits per heavy atom. The van der Waals surface area contributed by atoms with Crippen LogP contribution in [0.2, 0.25) is 0 Å². The maximum atomic E-state index is 13.5. The van der Waals surface area contributed by atoms with E-state index in [2.05, 4.69) is 31.9 Å². The van der Waals surface area contributed by atoms with Crippen molar-refractivity contribution >= 4 is 53.3 Å². The van der Waals surface area contributed by atoms with Crippen LogP contribution in [0.4, 0.5) is 11.4 Å². The molecular formula is C17H26Br2N4O5S. The molecule has 0 radical (unpaired) electrons. The highest BCUT2D eigenvalue weighted by Gasteiger charge is 2.33. The van der Waals surface area contributed by atoms with Crippen molar-refractivity contribution in [2.24, 2.45) is 0 Å². The Balaban J connectivity index is 2.51. The summed E-state index contributed by atoms with van der Waals surface area (Å²) < 4.78 is 28.4. The highest BCUT2D eigenvalue weighted by atomic mass is 79.9. The van der Waals surface area contributed by atoms with E-state index in [4.69, 9.17) is 5.11 Å². The first-order valence-electron chi connectivity index (χ1n) is 9.25. The number of sulfonamides is 1. The quantitative estimate of drug-likeness (QED) is 0.265. The summed E-state index contributed by atoms with van der Waals surface area (Å²) in [5.74, 6) is 0. The van der Waals surface area contributed by atoms with Gasteiger partial charge in [0.25, 0.3) is 5.69 Å². The zero-order valence-corrected chi connectivity index (χ0v) is 20.2. The third kappa shape index (κ3) is 5.88. The Hall–Kier alpha value is -0.790. The average Bonchev–Trinajstić information content (AvgIpc) is 2.68. The van der Waals surface area contributed by atoms with Gasteiger partial charge in [-0.05, 0) is 12.5 Å². The maximum absolute atomic E-state index is 13.5. The lowest BCUT2D eigenvalue weighted by Gasteiger charge is -2.35. The van der Waals surface area contributed by atoms with Gasteiger partial charge >= 0.3 is 0 Å². The normalized spacial score (nSPS) is 16.1. The van der Waals surface area contributed by atoms with Crippen molar-refractivity contribution in [3.05, 3.63) is 27.8 Å². The van der Waals surface area contributed by atoms with Crippen LogP contribution < -0.4 is 4.90 Å². The molecule has 12 heteroatoms. The summed E-state index contributed by atoms with van der Waals surface area (Å²) >= 11 is 6.80. The van der Waals surface area contributed by atoms with Gasteiger partial charge in [-0.2, -0.15) is 4.31 Å². The third-order valence-corrected chi connectivity index (χ3v) is 7.47. The molecule has 1 saturated heterocycles. The molecule has 0 amide bonds. The van der Waals surface area contributed by atoms with Crippen molar-refractivity contribution in [3.63, 3.8) is 0 Å². The number of nitro benzene ring substituents is 1. The minimum Gasteiger partial charge on any atom is -0.395 e. The number of aryl methyl sites for hydroxylation is 1. The summed E-state index contributed by atoms with van der Waals surface area (Å²) in [7, 11) is -3.92. The summed E-state index contributed by atoms with van der Waals surface area (Å²) in [5, 5.41) is 21.7. The Morgan fingerprint density at radius 1 is 1.17 bits per heavy atom. The lowest BCUT2D eigenvalue weighted by atomic mass is 10.1. The number of benzene rings is 1. The number of piperazine rings is 1. The number of nitro groups is 1. The third-order valence-electron chi connectivity index (χ3n) is 4.85. The lowest BCUT2D eigenvalue weighted by molar-refractivity contribution is -0.385. The molecule has 1 heterocycles. The number of halogens is 2. The zero-order chi connectivity index (χ0) is 21.6. The highest BCUT2D eigenvalue weighted by molar-refractivity contribution is 9.09. The molecular weight excluding hydrogens is 532 g/mol. The second-order valence-electron chi connectivity index (χ2n) is 6.70. The van der Waals surface area contributed by atoms with Gasteiger partial charge in [0.05, 0.1) is 17.2 Å². The first-order chi connectivity index (χ1) is 13.8. The van der Waals surface area contributed by atoms with Crippen LogP contribution in [-0.2, 0) is 10.0 Å². The van der Waals surface area contributed by atoms with Gasteiger partial charge in [0.1, 0.15) is 4.90 Å². The van der Waals surface area contributed by atoms with Gasteiger partial charge in [-0.15, -0.1) is 0 Å². The summed E-state index contributed by atoms with van der Waals surface area (Å²) in [6.45, 7) is 4.93. The van der Waals surface area contributed by atoms with E-state index in [-0.39, 0.29) is 30.3 Å². The summed E-state index contributed by atoms with van der Waals surface area (Å²) in [6, 6.07) is 2.59. The molecule has 0 saturated carbocycles. The maximum Gasteiger partial charge on any atom is 0.271 e. The van der Waals surface area contributed by atoms with Gasteiger partial charge < -0.3 is 10.0 Å². The first-order valence-corrected chi connectivity index (χ1v) is 12.9. The summed E-state index contributed by atoms with van der Waals surface area (Å²) in [4.78, 5) is 14.7. The second kappa shape index (κ2) is 11.0. The average molecular weight is 558 g/mol. The van der Waals surface area contributed by atoms with E-state index < -0.39 is 14.9 Å². The molecule has 29 heavy (non-hydrogen) atoms. The van der Waals surface area contributed by atoms with Gasteiger partial charge in [0.2, 0.25) is 10.0 Å². The molecule has 1 aliphatic heterocycles. The molecule has 2 rings (SSSR count). The van der Waals surface area contributed by atoms with Gasteiger partial charge in [0, 0.05) is 68.6 Å². The number of non-ortho nitro benzene ring substituents is 1. The first kappa shape index (κ1) is 24.5. The second-order valence-corrected chi connectivity index (χ2v) is 10.2. The SMILES string of the molecule is Cc1cc([N+](=O)[O-])cc(S(=O)(=O)N2CCN(CCO)CC2)c1N(CCBr)CCBr. The van der Waals surface area contributed by atoms with Gasteiger partial charge in [0.15, 0.2) is 0 Å². The van der Waals surface area contributed by atoms with Crippen LogP contribution in [-0.4, -0.2) is 90.7 Å². The Labute approximate surface area is 188 Å². The Kier molecular flexibility index (Phi) is 9.29. The summed E-state index contributed by atoms with van der Waals surface area (Å²) in [6.07, 6.45) is 0. The molecule has 0 aliphatic carbocycles. The van der Waals surface area contributed by atoms with Crippen molar-refractivity contribution < 1.29 is 18.4 Å². The van der Waals surface area contributed by atoms with E-state index >= 15 is 0 Å². The molecule has 0 bridgehead atoms. The molecule has 0 unspecified atom stereocenters. The predicted octanol–water partition coefficient (Wildman–Crippen LogP) is 1.80. The van der Waals surface area contributed by atoms with E-state index in [1.165, 1.54) is 16.4 Å². The van der Waals surface area contributed by atoms with Crippen LogP contribution in [0.3, 0.4) is 0 Å². The molecule has 1 aromatic rings. The number of anilines is 1. The van der Waals surface area contributed by atoms with Crippen LogP contribution in [0.15, 0.2) is 17.0 Å². The zero-order valence-electron chi connectivity index (χ0n) is 16.3. The fourth-order valence-electron chi connectivity index (χ4n) is 3.45. The van der Waals surface area contributed by atoms with E-state index in [0.717, 1.165) is 0 Å². The number of aliphatic hydroxyl groups excluding tert-OH is 1. The topological polar surface area (TPSA) is 107 Å². The van der Waals surface area contributed by atoms with Crippen molar-refractivity contribution in [1.82, 2.24) is 9.21 Å². The molecule has 1 N–H and O–H groups in total. The van der Waals surface area contributed by atoms with Crippen molar-refractivity contribution in [3.8, 4) is 0 Å². The number of rotatable bonds is 10. The number of hydrogen-bond acceptors (Lipinski definition) is 7. The minimum absolute atomic E-state index is 0.0228. The Morgan fingerprint density at radius 2 is 1.76 bits per heavy atom.